The van der Waals surface area contributed by atoms with Gasteiger partial charge in [-0.15, -0.1) is 0 Å². The van der Waals surface area contributed by atoms with E-state index >= 15 is 0 Å². The Morgan fingerprint density at radius 3 is 2.26 bits per heavy atom. The molecule has 0 heterocycles. The second-order valence-electron chi connectivity index (χ2n) is 3.44. The van der Waals surface area contributed by atoms with E-state index in [9.17, 15) is 25.0 Å². The predicted molar refractivity (Wildman–Crippen MR) is 65.2 cm³/mol. The van der Waals surface area contributed by atoms with Gasteiger partial charge in [-0.1, -0.05) is 0 Å². The Labute approximate surface area is 107 Å². The SMILES string of the molecule is CCOc1ccc(NC(C)=O)c([N+](=O)[O-])c1[N+](=O)[O-]. The second kappa shape index (κ2) is 5.76. The summed E-state index contributed by atoms with van der Waals surface area (Å²) in [5.41, 5.74) is -1.82. The minimum absolute atomic E-state index is 0.122. The third kappa shape index (κ3) is 3.15. The van der Waals surface area contributed by atoms with Crippen LogP contribution in [0.3, 0.4) is 0 Å². The third-order valence-electron chi connectivity index (χ3n) is 2.09. The molecule has 0 saturated carbocycles. The van der Waals surface area contributed by atoms with Gasteiger partial charge in [0, 0.05) is 6.92 Å². The largest absolute Gasteiger partial charge is 0.487 e. The van der Waals surface area contributed by atoms with E-state index in [1.54, 1.807) is 6.92 Å². The van der Waals surface area contributed by atoms with Gasteiger partial charge in [-0.25, -0.2) is 0 Å². The van der Waals surface area contributed by atoms with Crippen molar-refractivity contribution >= 4 is 23.0 Å². The van der Waals surface area contributed by atoms with E-state index in [1.807, 2.05) is 0 Å². The van der Waals surface area contributed by atoms with Crippen molar-refractivity contribution in [1.29, 1.82) is 0 Å². The van der Waals surface area contributed by atoms with Gasteiger partial charge in [0.25, 0.3) is 0 Å². The summed E-state index contributed by atoms with van der Waals surface area (Å²) in [7, 11) is 0. The molecule has 0 aliphatic rings. The van der Waals surface area contributed by atoms with Crippen LogP contribution in [0.1, 0.15) is 13.8 Å². The molecule has 0 saturated heterocycles. The van der Waals surface area contributed by atoms with Crippen LogP contribution in [-0.4, -0.2) is 22.4 Å². The van der Waals surface area contributed by atoms with E-state index in [2.05, 4.69) is 5.32 Å². The summed E-state index contributed by atoms with van der Waals surface area (Å²) < 4.78 is 4.99. The van der Waals surface area contributed by atoms with Gasteiger partial charge < -0.3 is 10.1 Å². The number of benzene rings is 1. The van der Waals surface area contributed by atoms with Crippen molar-refractivity contribution < 1.29 is 19.4 Å². The Morgan fingerprint density at radius 1 is 1.26 bits per heavy atom. The molecule has 102 valence electrons. The summed E-state index contributed by atoms with van der Waals surface area (Å²) in [6.07, 6.45) is 0. The summed E-state index contributed by atoms with van der Waals surface area (Å²) in [4.78, 5) is 31.1. The molecule has 0 atom stereocenters. The molecule has 9 nitrogen and oxygen atoms in total. The highest BCUT2D eigenvalue weighted by Crippen LogP contribution is 2.41. The molecule has 1 amide bonds. The number of hydrogen-bond acceptors (Lipinski definition) is 6. The van der Waals surface area contributed by atoms with Gasteiger partial charge in [0.05, 0.1) is 16.5 Å². The second-order valence-corrected chi connectivity index (χ2v) is 3.44. The molecule has 0 radical (unpaired) electrons. The first-order valence-electron chi connectivity index (χ1n) is 5.24. The lowest BCUT2D eigenvalue weighted by Crippen LogP contribution is -2.10. The van der Waals surface area contributed by atoms with Crippen LogP contribution >= 0.6 is 0 Å². The molecule has 0 bridgehead atoms. The quantitative estimate of drug-likeness (QED) is 0.642. The number of amides is 1. The monoisotopic (exact) mass is 269 g/mol. The average Bonchev–Trinajstić information content (AvgIpc) is 2.29. The lowest BCUT2D eigenvalue weighted by molar-refractivity contribution is -0.422. The zero-order valence-electron chi connectivity index (χ0n) is 10.2. The Kier molecular flexibility index (Phi) is 4.35. The number of nitrogens with zero attached hydrogens (tertiary/aromatic N) is 2. The van der Waals surface area contributed by atoms with E-state index in [0.717, 1.165) is 6.92 Å². The van der Waals surface area contributed by atoms with Crippen molar-refractivity contribution in [2.45, 2.75) is 13.8 Å². The van der Waals surface area contributed by atoms with Gasteiger partial charge in [0.15, 0.2) is 0 Å². The number of carbonyl (C=O) groups is 1. The standard InChI is InChI=1S/C10H11N3O6/c1-3-19-8-5-4-7(11-6(2)14)9(12(15)16)10(8)13(17)18/h4-5H,3H2,1-2H3,(H,11,14). The van der Waals surface area contributed by atoms with Crippen LogP contribution in [0.15, 0.2) is 12.1 Å². The highest BCUT2D eigenvalue weighted by Gasteiger charge is 2.34. The molecule has 0 fully saturated rings. The number of nitro groups is 2. The number of carbonyl (C=O) groups excluding carboxylic acids is 1. The van der Waals surface area contributed by atoms with Crippen molar-refractivity contribution in [3.05, 3.63) is 32.4 Å². The minimum Gasteiger partial charge on any atom is -0.487 e. The molecule has 0 spiro atoms. The Hall–Kier alpha value is -2.71. The van der Waals surface area contributed by atoms with Crippen LogP contribution in [0.5, 0.6) is 5.75 Å². The summed E-state index contributed by atoms with van der Waals surface area (Å²) in [5.74, 6) is -0.783. The predicted octanol–water partition coefficient (Wildman–Crippen LogP) is 1.86. The molecule has 1 rings (SSSR count). The zero-order valence-corrected chi connectivity index (χ0v) is 10.2. The maximum absolute atomic E-state index is 11.0. The first-order chi connectivity index (χ1) is 8.88. The van der Waals surface area contributed by atoms with E-state index in [-0.39, 0.29) is 18.0 Å². The Morgan fingerprint density at radius 2 is 1.84 bits per heavy atom. The van der Waals surface area contributed by atoms with E-state index in [4.69, 9.17) is 4.74 Å². The number of nitrogens with one attached hydrogen (secondary N) is 1. The lowest BCUT2D eigenvalue weighted by Gasteiger charge is -2.08. The van der Waals surface area contributed by atoms with Crippen molar-refractivity contribution in [3.63, 3.8) is 0 Å². The van der Waals surface area contributed by atoms with Gasteiger partial charge in [-0.3, -0.25) is 25.0 Å². The van der Waals surface area contributed by atoms with Crippen LogP contribution in [0.25, 0.3) is 0 Å². The number of rotatable bonds is 5. The van der Waals surface area contributed by atoms with Crippen LogP contribution in [0.2, 0.25) is 0 Å². The topological polar surface area (TPSA) is 125 Å². The van der Waals surface area contributed by atoms with E-state index in [1.165, 1.54) is 12.1 Å². The van der Waals surface area contributed by atoms with Crippen LogP contribution in [-0.2, 0) is 4.79 Å². The first-order valence-corrected chi connectivity index (χ1v) is 5.24. The number of hydrogen-bond donors (Lipinski definition) is 1. The van der Waals surface area contributed by atoms with Crippen LogP contribution < -0.4 is 10.1 Å². The first kappa shape index (κ1) is 14.4. The summed E-state index contributed by atoms with van der Waals surface area (Å²) in [5, 5.41) is 24.1. The summed E-state index contributed by atoms with van der Waals surface area (Å²) >= 11 is 0. The van der Waals surface area contributed by atoms with E-state index in [0.29, 0.717) is 0 Å². The fourth-order valence-corrected chi connectivity index (χ4v) is 1.48. The Bertz CT molecular complexity index is 542. The van der Waals surface area contributed by atoms with Crippen LogP contribution in [0, 0.1) is 20.2 Å². The molecule has 19 heavy (non-hydrogen) atoms. The minimum atomic E-state index is -0.925. The molecule has 1 aromatic carbocycles. The fraction of sp³-hybridized carbons (Fsp3) is 0.300. The third-order valence-corrected chi connectivity index (χ3v) is 2.09. The molecular formula is C10H11N3O6. The molecule has 1 N–H and O–H groups in total. The number of ether oxygens (including phenoxy) is 1. The zero-order chi connectivity index (χ0) is 14.6. The molecule has 9 heteroatoms. The van der Waals surface area contributed by atoms with Gasteiger partial charge in [-0.05, 0) is 19.1 Å². The number of anilines is 1. The normalized spacial score (nSPS) is 9.79. The van der Waals surface area contributed by atoms with Crippen molar-refractivity contribution in [1.82, 2.24) is 0 Å². The van der Waals surface area contributed by atoms with Crippen molar-refractivity contribution in [2.24, 2.45) is 0 Å². The Balaban J connectivity index is 3.53. The van der Waals surface area contributed by atoms with E-state index < -0.39 is 27.1 Å². The maximum atomic E-state index is 11.0. The van der Waals surface area contributed by atoms with Gasteiger partial charge in [-0.2, -0.15) is 0 Å². The molecule has 0 aromatic heterocycles. The lowest BCUT2D eigenvalue weighted by atomic mass is 10.2. The number of nitro benzene ring substituents is 2. The van der Waals surface area contributed by atoms with Gasteiger partial charge in [0.2, 0.25) is 11.7 Å². The summed E-state index contributed by atoms with van der Waals surface area (Å²) in [6.45, 7) is 2.86. The maximum Gasteiger partial charge on any atom is 0.389 e. The average molecular weight is 269 g/mol. The highest BCUT2D eigenvalue weighted by atomic mass is 16.6. The molecule has 0 aliphatic carbocycles. The van der Waals surface area contributed by atoms with Crippen LogP contribution in [0.4, 0.5) is 17.1 Å². The van der Waals surface area contributed by atoms with Crippen molar-refractivity contribution in [3.8, 4) is 5.75 Å². The highest BCUT2D eigenvalue weighted by molar-refractivity contribution is 5.93. The summed E-state index contributed by atoms with van der Waals surface area (Å²) in [6, 6.07) is 2.40. The van der Waals surface area contributed by atoms with Crippen molar-refractivity contribution in [2.75, 3.05) is 11.9 Å². The molecular weight excluding hydrogens is 258 g/mol. The van der Waals surface area contributed by atoms with Gasteiger partial charge >= 0.3 is 11.4 Å². The molecule has 1 aromatic rings. The molecule has 0 aliphatic heterocycles. The molecule has 0 unspecified atom stereocenters. The smallest absolute Gasteiger partial charge is 0.389 e. The fourth-order valence-electron chi connectivity index (χ4n) is 1.48. The van der Waals surface area contributed by atoms with Gasteiger partial charge in [0.1, 0.15) is 5.69 Å².